The molecule has 164 valence electrons. The fraction of sp³-hybridized carbons (Fsp3) is 0.500. The lowest BCUT2D eigenvalue weighted by Crippen LogP contribution is -2.47. The minimum Gasteiger partial charge on any atom is -0.396 e. The molecule has 1 saturated carbocycles. The van der Waals surface area contributed by atoms with Crippen molar-refractivity contribution < 1.29 is 14.3 Å². The minimum atomic E-state index is -0.392. The van der Waals surface area contributed by atoms with Crippen LogP contribution >= 0.6 is 0 Å². The molecule has 7 heteroatoms. The number of carbonyl (C=O) groups is 1. The summed E-state index contributed by atoms with van der Waals surface area (Å²) in [6.45, 7) is 1.23. The number of nitrogens with zero attached hydrogens (tertiary/aromatic N) is 3. The predicted molar refractivity (Wildman–Crippen MR) is 115 cm³/mol. The lowest BCUT2D eigenvalue weighted by atomic mass is 9.86. The molecular weight excluding hydrogens is 397 g/mol. The average Bonchev–Trinajstić information content (AvgIpc) is 3.53. The molecule has 4 atom stereocenters. The molecular formula is C24H28FN3O3. The summed E-state index contributed by atoms with van der Waals surface area (Å²) in [5, 5.41) is 10.3. The number of benzene rings is 1. The number of fused-ring (bicyclic) bond motifs is 4. The lowest BCUT2D eigenvalue weighted by molar-refractivity contribution is -0.135. The van der Waals surface area contributed by atoms with Gasteiger partial charge in [-0.25, -0.2) is 4.39 Å². The van der Waals surface area contributed by atoms with E-state index in [1.807, 2.05) is 6.07 Å². The molecule has 0 radical (unpaired) electrons. The van der Waals surface area contributed by atoms with E-state index in [9.17, 15) is 19.1 Å². The summed E-state index contributed by atoms with van der Waals surface area (Å²) in [5.74, 6) is -0.385. The van der Waals surface area contributed by atoms with E-state index < -0.39 is 5.92 Å². The molecule has 2 aliphatic heterocycles. The summed E-state index contributed by atoms with van der Waals surface area (Å²) in [6.07, 6.45) is 2.38. The molecule has 1 aliphatic carbocycles. The summed E-state index contributed by atoms with van der Waals surface area (Å²) in [4.78, 5) is 30.6. The molecule has 2 bridgehead atoms. The van der Waals surface area contributed by atoms with Gasteiger partial charge in [-0.2, -0.15) is 0 Å². The van der Waals surface area contributed by atoms with Crippen molar-refractivity contribution in [2.24, 2.45) is 17.8 Å². The van der Waals surface area contributed by atoms with Crippen LogP contribution in [0.15, 0.2) is 41.2 Å². The van der Waals surface area contributed by atoms with Gasteiger partial charge in [-0.15, -0.1) is 0 Å². The molecule has 1 aromatic heterocycles. The highest BCUT2D eigenvalue weighted by Crippen LogP contribution is 2.50. The Morgan fingerprint density at radius 2 is 2.00 bits per heavy atom. The molecule has 6 nitrogen and oxygen atoms in total. The van der Waals surface area contributed by atoms with Crippen molar-refractivity contribution in [3.63, 3.8) is 0 Å². The van der Waals surface area contributed by atoms with Crippen LogP contribution in [0.4, 0.5) is 4.39 Å². The van der Waals surface area contributed by atoms with Crippen LogP contribution in [0.5, 0.6) is 0 Å². The quantitative estimate of drug-likeness (QED) is 0.797. The summed E-state index contributed by atoms with van der Waals surface area (Å²) in [5.41, 5.74) is 1.65. The Kier molecular flexibility index (Phi) is 4.98. The maximum atomic E-state index is 13.8. The first-order chi connectivity index (χ1) is 14.9. The fourth-order valence-electron chi connectivity index (χ4n) is 5.53. The maximum Gasteiger partial charge on any atom is 0.258 e. The van der Waals surface area contributed by atoms with Gasteiger partial charge in [0.2, 0.25) is 5.91 Å². The third kappa shape index (κ3) is 3.31. The van der Waals surface area contributed by atoms with Crippen LogP contribution in [0.2, 0.25) is 0 Å². The van der Waals surface area contributed by atoms with Crippen LogP contribution < -0.4 is 5.56 Å². The van der Waals surface area contributed by atoms with E-state index in [4.69, 9.17) is 0 Å². The summed E-state index contributed by atoms with van der Waals surface area (Å²) >= 11 is 0. The molecule has 1 N–H and O–H groups in total. The molecule has 1 saturated heterocycles. The van der Waals surface area contributed by atoms with Gasteiger partial charge in [0, 0.05) is 57.0 Å². The first-order valence-electron chi connectivity index (χ1n) is 11.0. The van der Waals surface area contributed by atoms with Crippen molar-refractivity contribution in [3.05, 3.63) is 58.3 Å². The molecule has 3 heterocycles. The van der Waals surface area contributed by atoms with E-state index in [-0.39, 0.29) is 41.9 Å². The summed E-state index contributed by atoms with van der Waals surface area (Å²) < 4.78 is 15.5. The first-order valence-corrected chi connectivity index (χ1v) is 11.0. The highest BCUT2D eigenvalue weighted by Gasteiger charge is 2.56. The Bertz CT molecular complexity index is 1080. The van der Waals surface area contributed by atoms with E-state index in [0.717, 1.165) is 12.2 Å². The third-order valence-corrected chi connectivity index (χ3v) is 7.20. The lowest BCUT2D eigenvalue weighted by Gasteiger charge is -2.38. The number of aliphatic hydroxyl groups excluding tert-OH is 1. The number of carbonyl (C=O) groups excluding carboxylic acids is 1. The van der Waals surface area contributed by atoms with Gasteiger partial charge in [-0.3, -0.25) is 14.5 Å². The number of hydrogen-bond donors (Lipinski definition) is 1. The first kappa shape index (κ1) is 20.4. The van der Waals surface area contributed by atoms with Gasteiger partial charge in [0.25, 0.3) is 5.56 Å². The maximum absolute atomic E-state index is 13.8. The van der Waals surface area contributed by atoms with Gasteiger partial charge in [0.1, 0.15) is 5.82 Å². The zero-order valence-electron chi connectivity index (χ0n) is 17.9. The number of amides is 1. The number of halogens is 1. The second-order valence-corrected chi connectivity index (χ2v) is 9.36. The molecule has 31 heavy (non-hydrogen) atoms. The van der Waals surface area contributed by atoms with Gasteiger partial charge in [-0.05, 0) is 48.6 Å². The molecule has 2 aromatic rings. The van der Waals surface area contributed by atoms with Crippen LogP contribution in [-0.4, -0.2) is 58.7 Å². The second kappa shape index (κ2) is 7.57. The SMILES string of the molecule is CN(C)C(=O)[C@H]1[C@H](CO)[C@H]2Cn3c(ccc(-c4cccc(F)c4)c3=O)[C@@H]1N2CC1CC1. The van der Waals surface area contributed by atoms with Gasteiger partial charge >= 0.3 is 0 Å². The Morgan fingerprint density at radius 1 is 1.23 bits per heavy atom. The average molecular weight is 426 g/mol. The van der Waals surface area contributed by atoms with Crippen LogP contribution in [0.1, 0.15) is 24.6 Å². The smallest absolute Gasteiger partial charge is 0.258 e. The van der Waals surface area contributed by atoms with Crippen LogP contribution in [0.3, 0.4) is 0 Å². The molecule has 1 aromatic carbocycles. The molecule has 2 fully saturated rings. The van der Waals surface area contributed by atoms with E-state index in [0.29, 0.717) is 23.6 Å². The van der Waals surface area contributed by atoms with Gasteiger partial charge in [0.15, 0.2) is 0 Å². The summed E-state index contributed by atoms with van der Waals surface area (Å²) in [7, 11) is 3.48. The molecule has 3 aliphatic rings. The Morgan fingerprint density at radius 3 is 2.65 bits per heavy atom. The standard InChI is InChI=1S/C24H28FN3O3/c1-26(2)24(31)21-18(13-29)20-12-28-19(22(21)27(20)11-14-6-7-14)9-8-17(23(28)30)15-4-3-5-16(25)10-15/h3-5,8-10,14,18,20-22,29H,6-7,11-13H2,1-2H3/t18-,20-,21+,22+/m1/s1. The van der Waals surface area contributed by atoms with Gasteiger partial charge in [-0.1, -0.05) is 12.1 Å². The normalized spacial score (nSPS) is 27.2. The van der Waals surface area contributed by atoms with Crippen molar-refractivity contribution >= 4 is 5.91 Å². The number of pyridine rings is 1. The van der Waals surface area contributed by atoms with Crippen molar-refractivity contribution in [2.45, 2.75) is 31.5 Å². The minimum absolute atomic E-state index is 0.0116. The zero-order valence-corrected chi connectivity index (χ0v) is 17.9. The molecule has 0 unspecified atom stereocenters. The van der Waals surface area contributed by atoms with E-state index in [1.54, 1.807) is 41.8 Å². The highest BCUT2D eigenvalue weighted by molar-refractivity contribution is 5.80. The van der Waals surface area contributed by atoms with E-state index >= 15 is 0 Å². The van der Waals surface area contributed by atoms with Crippen LogP contribution in [0, 0.1) is 23.6 Å². The van der Waals surface area contributed by atoms with E-state index in [1.165, 1.54) is 25.0 Å². The van der Waals surface area contributed by atoms with Crippen molar-refractivity contribution in [3.8, 4) is 11.1 Å². The topological polar surface area (TPSA) is 65.8 Å². The van der Waals surface area contributed by atoms with Gasteiger partial charge < -0.3 is 14.6 Å². The largest absolute Gasteiger partial charge is 0.396 e. The molecule has 5 rings (SSSR count). The Balaban J connectivity index is 1.63. The van der Waals surface area contributed by atoms with E-state index in [2.05, 4.69) is 4.90 Å². The fourth-order valence-corrected chi connectivity index (χ4v) is 5.53. The summed E-state index contributed by atoms with van der Waals surface area (Å²) in [6, 6.07) is 9.42. The number of hydrogen-bond acceptors (Lipinski definition) is 4. The molecule has 1 amide bonds. The number of rotatable bonds is 5. The molecule has 0 spiro atoms. The Hall–Kier alpha value is -2.51. The van der Waals surface area contributed by atoms with Crippen molar-refractivity contribution in [2.75, 3.05) is 27.2 Å². The second-order valence-electron chi connectivity index (χ2n) is 9.36. The highest BCUT2D eigenvalue weighted by atomic mass is 19.1. The number of aromatic nitrogens is 1. The monoisotopic (exact) mass is 425 g/mol. The van der Waals surface area contributed by atoms with Crippen molar-refractivity contribution in [1.82, 2.24) is 14.4 Å². The van der Waals surface area contributed by atoms with Gasteiger partial charge in [0.05, 0.1) is 12.0 Å². The Labute approximate surface area is 180 Å². The van der Waals surface area contributed by atoms with Crippen LogP contribution in [-0.2, 0) is 11.3 Å². The predicted octanol–water partition coefficient (Wildman–Crippen LogP) is 2.12. The number of aliphatic hydroxyl groups is 1. The third-order valence-electron chi connectivity index (χ3n) is 7.20. The van der Waals surface area contributed by atoms with Crippen LogP contribution in [0.25, 0.3) is 11.1 Å². The van der Waals surface area contributed by atoms with Crippen molar-refractivity contribution in [1.29, 1.82) is 0 Å². The zero-order chi connectivity index (χ0) is 21.9.